The Balaban J connectivity index is 1.41. The van der Waals surface area contributed by atoms with Crippen molar-refractivity contribution in [1.29, 1.82) is 0 Å². The molecule has 0 saturated carbocycles. The number of amides is 1. The molecule has 5 rings (SSSR count). The lowest BCUT2D eigenvalue weighted by atomic mass is 10.1. The highest BCUT2D eigenvalue weighted by Gasteiger charge is 2.18. The molecular weight excluding hydrogens is 394 g/mol. The van der Waals surface area contributed by atoms with Gasteiger partial charge in [-0.15, -0.1) is 11.3 Å². The zero-order valence-corrected chi connectivity index (χ0v) is 16.9. The van der Waals surface area contributed by atoms with Crippen molar-refractivity contribution in [3.63, 3.8) is 0 Å². The van der Waals surface area contributed by atoms with Crippen LogP contribution in [0.4, 0.5) is 5.69 Å². The number of furan rings is 1. The Bertz CT molecular complexity index is 1360. The topological polar surface area (TPSA) is 68.0 Å². The molecule has 5 nitrogen and oxygen atoms in total. The lowest BCUT2D eigenvalue weighted by Crippen LogP contribution is -2.12. The third-order valence-corrected chi connectivity index (χ3v) is 5.77. The summed E-state index contributed by atoms with van der Waals surface area (Å²) in [6.07, 6.45) is 3.54. The largest absolute Gasteiger partial charge is 0.451 e. The van der Waals surface area contributed by atoms with Crippen LogP contribution in [-0.2, 0) is 0 Å². The second-order valence-electron chi connectivity index (χ2n) is 6.87. The highest BCUT2D eigenvalue weighted by molar-refractivity contribution is 7.13. The third kappa shape index (κ3) is 3.38. The number of hydrogen-bond acceptors (Lipinski definition) is 5. The molecule has 0 atom stereocenters. The van der Waals surface area contributed by atoms with Crippen LogP contribution in [0.1, 0.15) is 16.1 Å². The summed E-state index contributed by atoms with van der Waals surface area (Å²) in [5, 5.41) is 6.80. The van der Waals surface area contributed by atoms with Crippen molar-refractivity contribution in [3.8, 4) is 21.8 Å². The molecule has 3 aromatic heterocycles. The summed E-state index contributed by atoms with van der Waals surface area (Å²) in [5.74, 6) is 0.0595. The van der Waals surface area contributed by atoms with Gasteiger partial charge in [0, 0.05) is 45.5 Å². The van der Waals surface area contributed by atoms with Gasteiger partial charge in [-0.25, -0.2) is 4.98 Å². The van der Waals surface area contributed by atoms with E-state index in [9.17, 15) is 4.79 Å². The predicted molar refractivity (Wildman–Crippen MR) is 120 cm³/mol. The van der Waals surface area contributed by atoms with Gasteiger partial charge in [-0.05, 0) is 37.3 Å². The lowest BCUT2D eigenvalue weighted by molar-refractivity contribution is 0.0998. The van der Waals surface area contributed by atoms with Crippen LogP contribution < -0.4 is 5.32 Å². The standard InChI is InChI=1S/C24H17N3O2S/c1-15-19-9-2-3-10-21(19)29-22(15)23(28)26-18-8-4-6-16(12-18)20-14-30-24(27-20)17-7-5-11-25-13-17/h2-14H,1H3,(H,26,28). The molecule has 6 heteroatoms. The maximum absolute atomic E-state index is 12.8. The van der Waals surface area contributed by atoms with Crippen molar-refractivity contribution in [3.05, 3.63) is 89.8 Å². The predicted octanol–water partition coefficient (Wildman–Crippen LogP) is 6.18. The van der Waals surface area contributed by atoms with Gasteiger partial charge in [0.15, 0.2) is 5.76 Å². The average Bonchev–Trinajstić information content (AvgIpc) is 3.40. The van der Waals surface area contributed by atoms with Crippen LogP contribution in [0.5, 0.6) is 0 Å². The molecule has 3 heterocycles. The van der Waals surface area contributed by atoms with Crippen LogP contribution >= 0.6 is 11.3 Å². The minimum Gasteiger partial charge on any atom is -0.451 e. The van der Waals surface area contributed by atoms with E-state index < -0.39 is 0 Å². The van der Waals surface area contributed by atoms with Gasteiger partial charge >= 0.3 is 0 Å². The number of pyridine rings is 1. The van der Waals surface area contributed by atoms with Crippen LogP contribution in [-0.4, -0.2) is 15.9 Å². The van der Waals surface area contributed by atoms with Crippen molar-refractivity contribution >= 4 is 33.9 Å². The van der Waals surface area contributed by atoms with E-state index in [2.05, 4.69) is 10.3 Å². The molecule has 5 aromatic rings. The monoisotopic (exact) mass is 411 g/mol. The van der Waals surface area contributed by atoms with E-state index in [1.54, 1.807) is 23.7 Å². The molecule has 0 aliphatic heterocycles. The van der Waals surface area contributed by atoms with Gasteiger partial charge in [-0.3, -0.25) is 9.78 Å². The van der Waals surface area contributed by atoms with Crippen molar-refractivity contribution in [2.45, 2.75) is 6.92 Å². The van der Waals surface area contributed by atoms with E-state index in [0.29, 0.717) is 17.0 Å². The number of anilines is 1. The van der Waals surface area contributed by atoms with Gasteiger partial charge in [0.2, 0.25) is 0 Å². The summed E-state index contributed by atoms with van der Waals surface area (Å²) in [4.78, 5) is 21.7. The summed E-state index contributed by atoms with van der Waals surface area (Å²) < 4.78 is 5.77. The van der Waals surface area contributed by atoms with Crippen LogP contribution in [0.3, 0.4) is 0 Å². The SMILES string of the molecule is Cc1c(C(=O)Nc2cccc(-c3csc(-c4cccnc4)n3)c2)oc2ccccc12. The van der Waals surface area contributed by atoms with E-state index in [4.69, 9.17) is 9.40 Å². The van der Waals surface area contributed by atoms with E-state index in [1.807, 2.05) is 73.0 Å². The number of benzene rings is 2. The van der Waals surface area contributed by atoms with E-state index >= 15 is 0 Å². The van der Waals surface area contributed by atoms with E-state index in [1.165, 1.54) is 0 Å². The Kier molecular flexibility index (Phi) is 4.61. The molecule has 0 unspecified atom stereocenters. The molecule has 0 aliphatic rings. The third-order valence-electron chi connectivity index (χ3n) is 4.88. The summed E-state index contributed by atoms with van der Waals surface area (Å²) in [6, 6.07) is 19.2. The second-order valence-corrected chi connectivity index (χ2v) is 7.72. The second kappa shape index (κ2) is 7.57. The molecule has 0 bridgehead atoms. The molecule has 0 saturated heterocycles. The molecule has 2 aromatic carbocycles. The zero-order valence-electron chi connectivity index (χ0n) is 16.1. The van der Waals surface area contributed by atoms with Gasteiger partial charge in [-0.1, -0.05) is 30.3 Å². The van der Waals surface area contributed by atoms with Crippen LogP contribution in [0.25, 0.3) is 32.8 Å². The minimum atomic E-state index is -0.268. The molecule has 30 heavy (non-hydrogen) atoms. The fourth-order valence-corrected chi connectivity index (χ4v) is 4.18. The van der Waals surface area contributed by atoms with E-state index in [0.717, 1.165) is 32.8 Å². The highest BCUT2D eigenvalue weighted by atomic mass is 32.1. The normalized spacial score (nSPS) is 11.0. The summed E-state index contributed by atoms with van der Waals surface area (Å²) in [6.45, 7) is 1.90. The number of fused-ring (bicyclic) bond motifs is 1. The van der Waals surface area contributed by atoms with Crippen molar-refractivity contribution in [2.75, 3.05) is 5.32 Å². The summed E-state index contributed by atoms with van der Waals surface area (Å²) in [7, 11) is 0. The van der Waals surface area contributed by atoms with Gasteiger partial charge in [0.05, 0.1) is 5.69 Å². The van der Waals surface area contributed by atoms with Crippen molar-refractivity contribution in [2.24, 2.45) is 0 Å². The molecule has 1 N–H and O–H groups in total. The number of aryl methyl sites for hydroxylation is 1. The fraction of sp³-hybridized carbons (Fsp3) is 0.0417. The zero-order chi connectivity index (χ0) is 20.5. The molecule has 0 spiro atoms. The van der Waals surface area contributed by atoms with Gasteiger partial charge < -0.3 is 9.73 Å². The van der Waals surface area contributed by atoms with Gasteiger partial charge in [0.1, 0.15) is 10.6 Å². The number of aromatic nitrogens is 2. The first kappa shape index (κ1) is 18.3. The number of nitrogens with zero attached hydrogens (tertiary/aromatic N) is 2. The Labute approximate surface area is 177 Å². The number of thiazole rings is 1. The minimum absolute atomic E-state index is 0.268. The quantitative estimate of drug-likeness (QED) is 0.383. The Morgan fingerprint density at radius 1 is 1.03 bits per heavy atom. The number of carbonyl (C=O) groups is 1. The average molecular weight is 411 g/mol. The Morgan fingerprint density at radius 3 is 2.73 bits per heavy atom. The lowest BCUT2D eigenvalue weighted by Gasteiger charge is -2.06. The molecule has 1 amide bonds. The summed E-state index contributed by atoms with van der Waals surface area (Å²) >= 11 is 1.56. The van der Waals surface area contributed by atoms with Crippen LogP contribution in [0.15, 0.2) is 82.9 Å². The fourth-order valence-electron chi connectivity index (χ4n) is 3.36. The number of para-hydroxylation sites is 1. The first-order valence-corrected chi connectivity index (χ1v) is 10.3. The first-order valence-electron chi connectivity index (χ1n) is 9.45. The van der Waals surface area contributed by atoms with Gasteiger partial charge in [0.25, 0.3) is 5.91 Å². The highest BCUT2D eigenvalue weighted by Crippen LogP contribution is 2.30. The maximum atomic E-state index is 12.8. The number of rotatable bonds is 4. The molecule has 0 radical (unpaired) electrons. The Hall–Kier alpha value is -3.77. The molecule has 0 aliphatic carbocycles. The van der Waals surface area contributed by atoms with Crippen LogP contribution in [0.2, 0.25) is 0 Å². The van der Waals surface area contributed by atoms with E-state index in [-0.39, 0.29) is 5.91 Å². The smallest absolute Gasteiger partial charge is 0.291 e. The van der Waals surface area contributed by atoms with Crippen LogP contribution in [0, 0.1) is 6.92 Å². The molecule has 0 fully saturated rings. The number of hydrogen-bond donors (Lipinski definition) is 1. The number of nitrogens with one attached hydrogen (secondary N) is 1. The van der Waals surface area contributed by atoms with Crippen molar-refractivity contribution in [1.82, 2.24) is 9.97 Å². The van der Waals surface area contributed by atoms with Gasteiger partial charge in [-0.2, -0.15) is 0 Å². The Morgan fingerprint density at radius 2 is 1.90 bits per heavy atom. The molecular formula is C24H17N3O2S. The van der Waals surface area contributed by atoms with Crippen molar-refractivity contribution < 1.29 is 9.21 Å². The first-order chi connectivity index (χ1) is 14.7. The molecule has 146 valence electrons. The maximum Gasteiger partial charge on any atom is 0.291 e. The summed E-state index contributed by atoms with van der Waals surface area (Å²) in [5.41, 5.74) is 5.00. The number of carbonyl (C=O) groups excluding carboxylic acids is 1.